The third-order valence-corrected chi connectivity index (χ3v) is 7.18. The Kier molecular flexibility index (Phi) is 4.88. The van der Waals surface area contributed by atoms with E-state index in [1.807, 2.05) is 17.0 Å². The van der Waals surface area contributed by atoms with Crippen LogP contribution in [0.2, 0.25) is 0 Å². The number of nitrogens with zero attached hydrogens (tertiary/aromatic N) is 1. The van der Waals surface area contributed by atoms with Crippen molar-refractivity contribution in [2.75, 3.05) is 6.61 Å². The van der Waals surface area contributed by atoms with Gasteiger partial charge < -0.3 is 14.1 Å². The summed E-state index contributed by atoms with van der Waals surface area (Å²) in [6, 6.07) is 8.84. The number of carbonyl (C=O) groups is 2. The van der Waals surface area contributed by atoms with Gasteiger partial charge in [-0.05, 0) is 92.7 Å². The van der Waals surface area contributed by atoms with Crippen molar-refractivity contribution in [1.82, 2.24) is 4.90 Å². The van der Waals surface area contributed by atoms with Crippen LogP contribution in [0, 0.1) is 23.6 Å². The smallest absolute Gasteiger partial charge is 0.338 e. The number of furan rings is 1. The zero-order valence-corrected chi connectivity index (χ0v) is 16.9. The highest BCUT2D eigenvalue weighted by Crippen LogP contribution is 2.58. The molecule has 0 N–H and O–H groups in total. The summed E-state index contributed by atoms with van der Waals surface area (Å²) >= 11 is 0. The lowest BCUT2D eigenvalue weighted by Crippen LogP contribution is -2.61. The molecule has 4 aliphatic carbocycles. The van der Waals surface area contributed by atoms with Crippen molar-refractivity contribution < 1.29 is 23.1 Å². The van der Waals surface area contributed by atoms with Crippen LogP contribution in [0.15, 0.2) is 47.1 Å². The van der Waals surface area contributed by atoms with E-state index in [1.54, 1.807) is 6.26 Å². The second-order valence-electron chi connectivity index (χ2n) is 9.28. The number of amides is 1. The summed E-state index contributed by atoms with van der Waals surface area (Å²) in [5, 5.41) is 0. The van der Waals surface area contributed by atoms with Crippen LogP contribution in [0.1, 0.15) is 54.6 Å². The topological polar surface area (TPSA) is 59.8 Å². The normalized spacial score (nSPS) is 29.0. The largest absolute Gasteiger partial charge is 0.467 e. The number of hydrogen-bond donors (Lipinski definition) is 0. The van der Waals surface area contributed by atoms with Crippen molar-refractivity contribution in [3.05, 3.63) is 59.8 Å². The first kappa shape index (κ1) is 19.3. The number of carbonyl (C=O) groups excluding carboxylic acids is 2. The third kappa shape index (κ3) is 3.64. The van der Waals surface area contributed by atoms with E-state index in [0.29, 0.717) is 24.3 Å². The van der Waals surface area contributed by atoms with Crippen molar-refractivity contribution in [2.24, 2.45) is 17.8 Å². The fraction of sp³-hybridized carbons (Fsp3) is 0.500. The Bertz CT molecular complexity index is 886. The summed E-state index contributed by atoms with van der Waals surface area (Å²) in [6.07, 6.45) is 8.53. The zero-order valence-electron chi connectivity index (χ0n) is 16.9. The van der Waals surface area contributed by atoms with Gasteiger partial charge in [-0.15, -0.1) is 0 Å². The number of ether oxygens (including phenoxy) is 1. The quantitative estimate of drug-likeness (QED) is 0.653. The summed E-state index contributed by atoms with van der Waals surface area (Å²) < 4.78 is 23.9. The van der Waals surface area contributed by atoms with Crippen LogP contribution in [0.25, 0.3) is 0 Å². The van der Waals surface area contributed by atoms with Gasteiger partial charge in [-0.1, -0.05) is 0 Å². The van der Waals surface area contributed by atoms with E-state index in [2.05, 4.69) is 0 Å². The van der Waals surface area contributed by atoms with Gasteiger partial charge in [0.25, 0.3) is 5.91 Å². The van der Waals surface area contributed by atoms with Gasteiger partial charge >= 0.3 is 5.97 Å². The van der Waals surface area contributed by atoms with Crippen LogP contribution in [0.4, 0.5) is 4.39 Å². The molecule has 0 saturated heterocycles. The lowest BCUT2D eigenvalue weighted by molar-refractivity contribution is -0.156. The Morgan fingerprint density at radius 3 is 2.23 bits per heavy atom. The van der Waals surface area contributed by atoms with E-state index in [-0.39, 0.29) is 23.6 Å². The first-order valence-electron chi connectivity index (χ1n) is 10.8. The fourth-order valence-corrected chi connectivity index (χ4v) is 6.35. The van der Waals surface area contributed by atoms with Gasteiger partial charge in [0.15, 0.2) is 6.61 Å². The summed E-state index contributed by atoms with van der Waals surface area (Å²) in [6.45, 7) is 0.0742. The van der Waals surface area contributed by atoms with Crippen LogP contribution >= 0.6 is 0 Å². The molecule has 4 bridgehead atoms. The second kappa shape index (κ2) is 7.56. The lowest BCUT2D eigenvalue weighted by atomic mass is 9.52. The van der Waals surface area contributed by atoms with Gasteiger partial charge in [0.2, 0.25) is 0 Å². The molecule has 4 fully saturated rings. The molecule has 0 atom stereocenters. The van der Waals surface area contributed by atoms with Crippen LogP contribution in [-0.2, 0) is 16.1 Å². The molecule has 6 rings (SSSR count). The van der Waals surface area contributed by atoms with Gasteiger partial charge in [-0.25, -0.2) is 9.18 Å². The molecule has 4 aliphatic rings. The predicted molar refractivity (Wildman–Crippen MR) is 107 cm³/mol. The van der Waals surface area contributed by atoms with Crippen LogP contribution in [-0.4, -0.2) is 28.9 Å². The molecule has 1 amide bonds. The summed E-state index contributed by atoms with van der Waals surface area (Å²) in [4.78, 5) is 27.6. The maximum absolute atomic E-state index is 13.3. The first-order chi connectivity index (χ1) is 14.5. The Morgan fingerprint density at radius 2 is 1.67 bits per heavy atom. The van der Waals surface area contributed by atoms with Gasteiger partial charge in [0.05, 0.1) is 18.4 Å². The van der Waals surface area contributed by atoms with Gasteiger partial charge in [0.1, 0.15) is 11.6 Å². The van der Waals surface area contributed by atoms with E-state index in [9.17, 15) is 14.0 Å². The number of halogens is 1. The highest BCUT2D eigenvalue weighted by molar-refractivity contribution is 5.91. The van der Waals surface area contributed by atoms with E-state index in [4.69, 9.17) is 9.15 Å². The van der Waals surface area contributed by atoms with E-state index < -0.39 is 11.8 Å². The zero-order chi connectivity index (χ0) is 20.7. The minimum atomic E-state index is -0.619. The van der Waals surface area contributed by atoms with Gasteiger partial charge in [0, 0.05) is 5.54 Å². The standard InChI is InChI=1S/C24H26FNO4/c25-20-5-3-19(4-6-20)23(28)30-15-22(27)26(14-21-2-1-7-29-21)24-11-16-8-17(12-24)10-18(9-16)13-24/h1-7,16-18H,8-15H2. The minimum absolute atomic E-state index is 0.166. The molecule has 6 heteroatoms. The number of esters is 1. The Balaban J connectivity index is 1.33. The first-order valence-corrected chi connectivity index (χ1v) is 10.8. The maximum atomic E-state index is 13.3. The number of hydrogen-bond acceptors (Lipinski definition) is 4. The predicted octanol–water partition coefficient (Wildman–Crippen LogP) is 4.57. The molecule has 0 spiro atoms. The van der Waals surface area contributed by atoms with E-state index >= 15 is 0 Å². The number of rotatable bonds is 6. The lowest BCUT2D eigenvalue weighted by Gasteiger charge is -2.60. The molecule has 158 valence electrons. The van der Waals surface area contributed by atoms with Crippen molar-refractivity contribution >= 4 is 11.9 Å². The average molecular weight is 411 g/mol. The van der Waals surface area contributed by atoms with Crippen molar-refractivity contribution in [1.29, 1.82) is 0 Å². The molecule has 30 heavy (non-hydrogen) atoms. The molecule has 0 radical (unpaired) electrons. The molecular weight excluding hydrogens is 385 g/mol. The van der Waals surface area contributed by atoms with Crippen LogP contribution < -0.4 is 0 Å². The van der Waals surface area contributed by atoms with Crippen LogP contribution in [0.5, 0.6) is 0 Å². The fourth-order valence-electron chi connectivity index (χ4n) is 6.35. The Morgan fingerprint density at radius 1 is 1.03 bits per heavy atom. The Hall–Kier alpha value is -2.63. The van der Waals surface area contributed by atoms with Crippen LogP contribution in [0.3, 0.4) is 0 Å². The molecule has 1 heterocycles. The number of benzene rings is 1. The highest BCUT2D eigenvalue weighted by atomic mass is 19.1. The molecule has 1 aromatic heterocycles. The van der Waals surface area contributed by atoms with Crippen molar-refractivity contribution in [2.45, 2.75) is 50.6 Å². The highest BCUT2D eigenvalue weighted by Gasteiger charge is 2.54. The summed E-state index contributed by atoms with van der Waals surface area (Å²) in [7, 11) is 0. The summed E-state index contributed by atoms with van der Waals surface area (Å²) in [5.74, 6) is 1.56. The molecule has 1 aromatic carbocycles. The molecule has 5 nitrogen and oxygen atoms in total. The third-order valence-electron chi connectivity index (χ3n) is 7.18. The SMILES string of the molecule is O=C(OCC(=O)N(Cc1ccco1)C12CC3CC(CC(C3)C1)C2)c1ccc(F)cc1. The monoisotopic (exact) mass is 411 g/mol. The molecule has 0 aliphatic heterocycles. The van der Waals surface area contributed by atoms with Gasteiger partial charge in [-0.3, -0.25) is 4.79 Å². The molecule has 4 saturated carbocycles. The Labute approximate surface area is 175 Å². The van der Waals surface area contributed by atoms with E-state index in [0.717, 1.165) is 25.0 Å². The van der Waals surface area contributed by atoms with Gasteiger partial charge in [-0.2, -0.15) is 0 Å². The molecule has 0 unspecified atom stereocenters. The molecular formula is C24H26FNO4. The average Bonchev–Trinajstić information content (AvgIpc) is 3.23. The van der Waals surface area contributed by atoms with Crippen molar-refractivity contribution in [3.8, 4) is 0 Å². The minimum Gasteiger partial charge on any atom is -0.467 e. The summed E-state index contributed by atoms with van der Waals surface area (Å²) in [5.41, 5.74) is 0.0672. The van der Waals surface area contributed by atoms with Crippen molar-refractivity contribution in [3.63, 3.8) is 0 Å². The molecule has 2 aromatic rings. The van der Waals surface area contributed by atoms with E-state index in [1.165, 1.54) is 43.5 Å². The second-order valence-corrected chi connectivity index (χ2v) is 9.28. The maximum Gasteiger partial charge on any atom is 0.338 e.